The summed E-state index contributed by atoms with van der Waals surface area (Å²) in [6.45, 7) is 3.65. The molecule has 21 heavy (non-hydrogen) atoms. The lowest BCUT2D eigenvalue weighted by molar-refractivity contribution is 0.617. The van der Waals surface area contributed by atoms with Crippen LogP contribution in [0.5, 0.6) is 0 Å². The summed E-state index contributed by atoms with van der Waals surface area (Å²) in [6, 6.07) is 10.9. The number of hydrogen-bond donors (Lipinski definition) is 1. The van der Waals surface area contributed by atoms with Gasteiger partial charge in [-0.25, -0.2) is 8.78 Å². The smallest absolute Gasteiger partial charge is 0.129 e. The second-order valence-corrected chi connectivity index (χ2v) is 4.90. The Balaban J connectivity index is 2.33. The number of benzene rings is 2. The molecule has 4 heteroatoms. The largest absolute Gasteiger partial charge is 0.378 e. The molecule has 0 aliphatic carbocycles. The summed E-state index contributed by atoms with van der Waals surface area (Å²) in [5, 5.41) is 12.2. The molecule has 0 spiro atoms. The lowest BCUT2D eigenvalue weighted by atomic mass is 10.0. The first-order valence-corrected chi connectivity index (χ1v) is 6.77. The molecule has 0 aliphatic rings. The van der Waals surface area contributed by atoms with Gasteiger partial charge in [0.15, 0.2) is 0 Å². The lowest BCUT2D eigenvalue weighted by Crippen LogP contribution is -2.11. The molecule has 0 aliphatic heterocycles. The van der Waals surface area contributed by atoms with E-state index >= 15 is 0 Å². The van der Waals surface area contributed by atoms with Crippen molar-refractivity contribution < 1.29 is 8.78 Å². The van der Waals surface area contributed by atoms with Crippen molar-refractivity contribution >= 4 is 5.69 Å². The summed E-state index contributed by atoms with van der Waals surface area (Å²) in [5.41, 5.74) is 2.24. The molecule has 0 heterocycles. The Morgan fingerprint density at radius 1 is 1.19 bits per heavy atom. The van der Waals surface area contributed by atoms with Crippen molar-refractivity contribution in [3.05, 3.63) is 64.7 Å². The second kappa shape index (κ2) is 6.36. The minimum atomic E-state index is -0.412. The fourth-order valence-electron chi connectivity index (χ4n) is 2.20. The summed E-state index contributed by atoms with van der Waals surface area (Å²) in [7, 11) is 0. The molecule has 1 atom stereocenters. The number of anilines is 1. The molecule has 2 aromatic rings. The molecule has 1 unspecified atom stereocenters. The van der Waals surface area contributed by atoms with Gasteiger partial charge < -0.3 is 5.32 Å². The van der Waals surface area contributed by atoms with Crippen molar-refractivity contribution in [1.29, 1.82) is 5.26 Å². The topological polar surface area (TPSA) is 35.8 Å². The van der Waals surface area contributed by atoms with Crippen molar-refractivity contribution in [2.45, 2.75) is 26.3 Å². The first-order chi connectivity index (χ1) is 10.0. The monoisotopic (exact) mass is 286 g/mol. The Morgan fingerprint density at radius 3 is 2.43 bits per heavy atom. The van der Waals surface area contributed by atoms with Crippen molar-refractivity contribution in [3.8, 4) is 6.07 Å². The Kier molecular flexibility index (Phi) is 4.54. The van der Waals surface area contributed by atoms with E-state index in [-0.39, 0.29) is 17.4 Å². The van der Waals surface area contributed by atoms with Gasteiger partial charge in [-0.15, -0.1) is 0 Å². The molecule has 0 amide bonds. The second-order valence-electron chi connectivity index (χ2n) is 4.90. The van der Waals surface area contributed by atoms with Crippen LogP contribution in [-0.2, 0) is 0 Å². The van der Waals surface area contributed by atoms with E-state index in [2.05, 4.69) is 5.32 Å². The van der Waals surface area contributed by atoms with E-state index in [0.717, 1.165) is 12.0 Å². The van der Waals surface area contributed by atoms with E-state index in [9.17, 15) is 8.78 Å². The molecule has 0 radical (unpaired) electrons. The Morgan fingerprint density at radius 2 is 1.86 bits per heavy atom. The van der Waals surface area contributed by atoms with Crippen LogP contribution in [0.25, 0.3) is 0 Å². The fourth-order valence-corrected chi connectivity index (χ4v) is 2.20. The van der Waals surface area contributed by atoms with Crippen LogP contribution in [0.15, 0.2) is 36.4 Å². The summed E-state index contributed by atoms with van der Waals surface area (Å²) >= 11 is 0. The molecule has 0 saturated carbocycles. The zero-order chi connectivity index (χ0) is 15.4. The Labute approximate surface area is 123 Å². The highest BCUT2D eigenvalue weighted by molar-refractivity contribution is 5.57. The molecule has 2 aromatic carbocycles. The van der Waals surface area contributed by atoms with Crippen LogP contribution in [0.2, 0.25) is 0 Å². The van der Waals surface area contributed by atoms with Gasteiger partial charge in [-0.2, -0.15) is 5.26 Å². The SMILES string of the molecule is CCC(Nc1cc(C#N)cc(F)c1C)c1ccc(F)cc1. The Hall–Kier alpha value is -2.41. The maximum absolute atomic E-state index is 13.8. The first kappa shape index (κ1) is 15.0. The van der Waals surface area contributed by atoms with Gasteiger partial charge in [-0.3, -0.25) is 0 Å². The number of nitriles is 1. The molecule has 0 bridgehead atoms. The molecule has 108 valence electrons. The predicted molar refractivity (Wildman–Crippen MR) is 78.9 cm³/mol. The zero-order valence-electron chi connectivity index (χ0n) is 12.0. The predicted octanol–water partition coefficient (Wildman–Crippen LogP) is 4.71. The van der Waals surface area contributed by atoms with Crippen LogP contribution in [0, 0.1) is 29.9 Å². The van der Waals surface area contributed by atoms with Gasteiger partial charge in [0.2, 0.25) is 0 Å². The van der Waals surface area contributed by atoms with Crippen LogP contribution in [0.1, 0.15) is 36.1 Å². The lowest BCUT2D eigenvalue weighted by Gasteiger charge is -2.20. The van der Waals surface area contributed by atoms with Crippen molar-refractivity contribution in [3.63, 3.8) is 0 Å². The van der Waals surface area contributed by atoms with E-state index in [1.807, 2.05) is 13.0 Å². The highest BCUT2D eigenvalue weighted by Gasteiger charge is 2.13. The minimum Gasteiger partial charge on any atom is -0.378 e. The normalized spacial score (nSPS) is 11.8. The van der Waals surface area contributed by atoms with Gasteiger partial charge in [0, 0.05) is 11.3 Å². The van der Waals surface area contributed by atoms with E-state index in [0.29, 0.717) is 11.3 Å². The van der Waals surface area contributed by atoms with Gasteiger partial charge in [0.05, 0.1) is 17.7 Å². The highest BCUT2D eigenvalue weighted by Crippen LogP contribution is 2.27. The van der Waals surface area contributed by atoms with Crippen LogP contribution >= 0.6 is 0 Å². The summed E-state index contributed by atoms with van der Waals surface area (Å²) < 4.78 is 26.8. The van der Waals surface area contributed by atoms with E-state index in [1.54, 1.807) is 25.1 Å². The summed E-state index contributed by atoms with van der Waals surface area (Å²) in [6.07, 6.45) is 0.753. The third-order valence-corrected chi connectivity index (χ3v) is 3.48. The molecule has 0 aromatic heterocycles. The zero-order valence-corrected chi connectivity index (χ0v) is 12.0. The van der Waals surface area contributed by atoms with Crippen LogP contribution in [0.3, 0.4) is 0 Å². The van der Waals surface area contributed by atoms with E-state index in [1.165, 1.54) is 18.2 Å². The van der Waals surface area contributed by atoms with Gasteiger partial charge in [-0.1, -0.05) is 19.1 Å². The van der Waals surface area contributed by atoms with Gasteiger partial charge in [-0.05, 0) is 43.2 Å². The third-order valence-electron chi connectivity index (χ3n) is 3.48. The van der Waals surface area contributed by atoms with E-state index < -0.39 is 5.82 Å². The molecule has 2 nitrogen and oxygen atoms in total. The Bertz CT molecular complexity index is 672. The molecular weight excluding hydrogens is 270 g/mol. The van der Waals surface area contributed by atoms with Crippen molar-refractivity contribution in [2.75, 3.05) is 5.32 Å². The number of nitrogens with one attached hydrogen (secondary N) is 1. The maximum atomic E-state index is 13.8. The fraction of sp³-hybridized carbons (Fsp3) is 0.235. The van der Waals surface area contributed by atoms with Crippen molar-refractivity contribution in [1.82, 2.24) is 0 Å². The minimum absolute atomic E-state index is 0.0716. The van der Waals surface area contributed by atoms with Crippen LogP contribution in [-0.4, -0.2) is 0 Å². The van der Waals surface area contributed by atoms with Gasteiger partial charge in [0.25, 0.3) is 0 Å². The van der Waals surface area contributed by atoms with Gasteiger partial charge >= 0.3 is 0 Å². The molecule has 2 rings (SSSR count). The van der Waals surface area contributed by atoms with Crippen LogP contribution in [0.4, 0.5) is 14.5 Å². The van der Waals surface area contributed by atoms with Crippen LogP contribution < -0.4 is 5.32 Å². The summed E-state index contributed by atoms with van der Waals surface area (Å²) in [5.74, 6) is -0.701. The molecule has 0 saturated heterocycles. The molecule has 1 N–H and O–H groups in total. The third kappa shape index (κ3) is 3.38. The highest BCUT2D eigenvalue weighted by atomic mass is 19.1. The van der Waals surface area contributed by atoms with Crippen molar-refractivity contribution in [2.24, 2.45) is 0 Å². The quantitative estimate of drug-likeness (QED) is 0.883. The van der Waals surface area contributed by atoms with Gasteiger partial charge in [0.1, 0.15) is 11.6 Å². The summed E-state index contributed by atoms with van der Waals surface area (Å²) in [4.78, 5) is 0. The standard InChI is InChI=1S/C17H16F2N2/c1-3-16(13-4-6-14(18)7-5-13)21-17-9-12(10-20)8-15(19)11(17)2/h4-9,16,21H,3H2,1-2H3. The number of hydrogen-bond acceptors (Lipinski definition) is 2. The number of rotatable bonds is 4. The number of halogens is 2. The average molecular weight is 286 g/mol. The maximum Gasteiger partial charge on any atom is 0.129 e. The molecule has 0 fully saturated rings. The number of nitrogens with zero attached hydrogens (tertiary/aromatic N) is 1. The first-order valence-electron chi connectivity index (χ1n) is 6.77. The average Bonchev–Trinajstić information content (AvgIpc) is 2.49. The van der Waals surface area contributed by atoms with E-state index in [4.69, 9.17) is 5.26 Å². The molecular formula is C17H16F2N2.